The molecule has 1 amide bonds. The standard InChI is InChI=1S/C56H109N2O7P/c1-7-10-13-16-19-22-25-27-28-29-30-31-34-36-39-42-45-48-55(59)57-53(52-64-66(61,62)63-51-50-58(4,5)6)54(47-44-41-38-35-33-26-23-20-17-14-11-8-2)65-56(60)49-46-43-40-37-32-24-21-18-15-12-9-3/h27-28,44,47,53-54H,7-26,29-43,45-46,48-52H2,1-6H3,(H-,57,59,61,62)/b28-27+,47-44-. The second kappa shape index (κ2) is 47.2. The summed E-state index contributed by atoms with van der Waals surface area (Å²) in [7, 11) is 1.19. The zero-order valence-corrected chi connectivity index (χ0v) is 45.3. The topological polar surface area (TPSA) is 114 Å². The normalized spacial score (nSPS) is 14.0. The number of quaternary nitrogens is 1. The monoisotopic (exact) mass is 953 g/mol. The number of unbranched alkanes of at least 4 members (excludes halogenated alkanes) is 33. The summed E-state index contributed by atoms with van der Waals surface area (Å²) >= 11 is 0. The zero-order valence-electron chi connectivity index (χ0n) is 44.4. The van der Waals surface area contributed by atoms with E-state index in [1.807, 2.05) is 33.3 Å². The fourth-order valence-corrected chi connectivity index (χ4v) is 8.95. The van der Waals surface area contributed by atoms with Crippen LogP contribution in [-0.4, -0.2) is 69.4 Å². The van der Waals surface area contributed by atoms with Crippen LogP contribution in [0.2, 0.25) is 0 Å². The molecule has 9 nitrogen and oxygen atoms in total. The number of likely N-dealkylation sites (N-methyl/N-ethyl adjacent to an activating group) is 1. The third kappa shape index (κ3) is 47.6. The summed E-state index contributed by atoms with van der Waals surface area (Å²) in [5.41, 5.74) is 0. The Bertz CT molecular complexity index is 1190. The van der Waals surface area contributed by atoms with Crippen LogP contribution in [0.4, 0.5) is 0 Å². The van der Waals surface area contributed by atoms with Gasteiger partial charge in [0.1, 0.15) is 19.3 Å². The van der Waals surface area contributed by atoms with Crippen LogP contribution >= 0.6 is 7.82 Å². The van der Waals surface area contributed by atoms with Crippen LogP contribution < -0.4 is 10.2 Å². The maximum absolute atomic E-state index is 13.5. The average Bonchev–Trinajstić information content (AvgIpc) is 3.27. The van der Waals surface area contributed by atoms with Gasteiger partial charge in [-0.1, -0.05) is 225 Å². The first-order chi connectivity index (χ1) is 31.9. The molecule has 1 N–H and O–H groups in total. The number of allylic oxidation sites excluding steroid dienone is 3. The molecule has 0 heterocycles. The largest absolute Gasteiger partial charge is 0.756 e. The van der Waals surface area contributed by atoms with Crippen molar-refractivity contribution in [1.29, 1.82) is 0 Å². The minimum absolute atomic E-state index is 0.0200. The molecule has 10 heteroatoms. The zero-order chi connectivity index (χ0) is 48.7. The number of ether oxygens (including phenoxy) is 1. The van der Waals surface area contributed by atoms with Crippen molar-refractivity contribution in [2.75, 3.05) is 40.9 Å². The van der Waals surface area contributed by atoms with E-state index in [2.05, 4.69) is 38.2 Å². The molecule has 3 atom stereocenters. The third-order valence-corrected chi connectivity index (χ3v) is 13.6. The fraction of sp³-hybridized carbons (Fsp3) is 0.893. The van der Waals surface area contributed by atoms with E-state index in [0.717, 1.165) is 70.6 Å². The Labute approximate surface area is 409 Å². The van der Waals surface area contributed by atoms with E-state index in [4.69, 9.17) is 13.8 Å². The van der Waals surface area contributed by atoms with Gasteiger partial charge in [0.05, 0.1) is 33.8 Å². The van der Waals surface area contributed by atoms with Gasteiger partial charge in [0.2, 0.25) is 5.91 Å². The van der Waals surface area contributed by atoms with E-state index >= 15 is 0 Å². The van der Waals surface area contributed by atoms with E-state index in [9.17, 15) is 19.0 Å². The highest BCUT2D eigenvalue weighted by Gasteiger charge is 2.27. The second-order valence-electron chi connectivity index (χ2n) is 20.4. The molecule has 3 unspecified atom stereocenters. The van der Waals surface area contributed by atoms with Crippen LogP contribution in [0, 0.1) is 0 Å². The first-order valence-electron chi connectivity index (χ1n) is 28.1. The Hall–Kier alpha value is -1.51. The van der Waals surface area contributed by atoms with Crippen molar-refractivity contribution in [3.8, 4) is 0 Å². The Morgan fingerprint density at radius 3 is 1.29 bits per heavy atom. The quantitative estimate of drug-likeness (QED) is 0.0212. The average molecular weight is 953 g/mol. The van der Waals surface area contributed by atoms with Gasteiger partial charge in [0.15, 0.2) is 0 Å². The number of phosphoric ester groups is 1. The Morgan fingerprint density at radius 1 is 0.515 bits per heavy atom. The minimum atomic E-state index is -4.68. The molecular weight excluding hydrogens is 844 g/mol. The van der Waals surface area contributed by atoms with E-state index in [1.165, 1.54) is 167 Å². The van der Waals surface area contributed by atoms with Crippen LogP contribution in [0.3, 0.4) is 0 Å². The molecule has 0 spiro atoms. The van der Waals surface area contributed by atoms with Crippen molar-refractivity contribution in [1.82, 2.24) is 5.32 Å². The highest BCUT2D eigenvalue weighted by atomic mass is 31.2. The van der Waals surface area contributed by atoms with Crippen molar-refractivity contribution in [3.63, 3.8) is 0 Å². The first-order valence-corrected chi connectivity index (χ1v) is 29.6. The molecule has 0 fully saturated rings. The molecule has 0 radical (unpaired) electrons. The van der Waals surface area contributed by atoms with E-state index < -0.39 is 20.0 Å². The van der Waals surface area contributed by atoms with Crippen molar-refractivity contribution < 1.29 is 37.3 Å². The number of hydrogen-bond donors (Lipinski definition) is 1. The predicted octanol–water partition coefficient (Wildman–Crippen LogP) is 16.0. The Kier molecular flexibility index (Phi) is 46.1. The number of phosphoric acid groups is 1. The Balaban J connectivity index is 5.32. The fourth-order valence-electron chi connectivity index (χ4n) is 8.22. The number of rotatable bonds is 51. The molecule has 66 heavy (non-hydrogen) atoms. The summed E-state index contributed by atoms with van der Waals surface area (Å²) in [6.07, 6.45) is 52.8. The van der Waals surface area contributed by atoms with E-state index in [0.29, 0.717) is 17.4 Å². The maximum Gasteiger partial charge on any atom is 0.306 e. The molecule has 0 aliphatic carbocycles. The highest BCUT2D eigenvalue weighted by molar-refractivity contribution is 7.45. The third-order valence-electron chi connectivity index (χ3n) is 12.6. The number of carbonyl (C=O) groups excluding carboxylic acids is 2. The minimum Gasteiger partial charge on any atom is -0.756 e. The summed E-state index contributed by atoms with van der Waals surface area (Å²) < 4.78 is 30.2. The van der Waals surface area contributed by atoms with Gasteiger partial charge in [-0.15, -0.1) is 0 Å². The van der Waals surface area contributed by atoms with Gasteiger partial charge in [-0.3, -0.25) is 14.2 Å². The molecule has 0 aromatic carbocycles. The van der Waals surface area contributed by atoms with Crippen LogP contribution in [0.1, 0.15) is 271 Å². The summed E-state index contributed by atoms with van der Waals surface area (Å²) in [4.78, 5) is 39.7. The van der Waals surface area contributed by atoms with E-state index in [1.54, 1.807) is 0 Å². The van der Waals surface area contributed by atoms with Crippen molar-refractivity contribution in [2.45, 2.75) is 283 Å². The summed E-state index contributed by atoms with van der Waals surface area (Å²) in [6.45, 7) is 6.84. The lowest BCUT2D eigenvalue weighted by atomic mass is 10.0. The van der Waals surface area contributed by atoms with Gasteiger partial charge in [0.25, 0.3) is 7.82 Å². The van der Waals surface area contributed by atoms with Crippen LogP contribution in [0.5, 0.6) is 0 Å². The lowest BCUT2D eigenvalue weighted by Crippen LogP contribution is -2.47. The first kappa shape index (κ1) is 64.5. The number of esters is 1. The van der Waals surface area contributed by atoms with Crippen LogP contribution in [0.15, 0.2) is 24.3 Å². The lowest BCUT2D eigenvalue weighted by molar-refractivity contribution is -0.870. The van der Waals surface area contributed by atoms with Gasteiger partial charge in [-0.25, -0.2) is 0 Å². The smallest absolute Gasteiger partial charge is 0.306 e. The summed E-state index contributed by atoms with van der Waals surface area (Å²) in [5.74, 6) is -0.537. The molecule has 0 saturated carbocycles. The summed E-state index contributed by atoms with van der Waals surface area (Å²) in [6, 6.07) is -0.883. The van der Waals surface area contributed by atoms with Crippen LogP contribution in [-0.2, 0) is 27.9 Å². The number of nitrogens with one attached hydrogen (secondary N) is 1. The van der Waals surface area contributed by atoms with Gasteiger partial charge in [-0.05, 0) is 57.4 Å². The predicted molar refractivity (Wildman–Crippen MR) is 280 cm³/mol. The molecule has 0 rings (SSSR count). The number of amides is 1. The molecule has 390 valence electrons. The van der Waals surface area contributed by atoms with Crippen molar-refractivity contribution >= 4 is 19.7 Å². The number of carbonyl (C=O) groups is 2. The molecule has 0 aromatic rings. The molecule has 0 saturated heterocycles. The summed E-state index contributed by atoms with van der Waals surface area (Å²) in [5, 5.41) is 3.02. The van der Waals surface area contributed by atoms with Gasteiger partial charge in [0, 0.05) is 12.8 Å². The highest BCUT2D eigenvalue weighted by Crippen LogP contribution is 2.38. The van der Waals surface area contributed by atoms with E-state index in [-0.39, 0.29) is 31.5 Å². The van der Waals surface area contributed by atoms with Crippen molar-refractivity contribution in [2.24, 2.45) is 0 Å². The lowest BCUT2D eigenvalue weighted by Gasteiger charge is -2.30. The molecule has 0 aliphatic rings. The second-order valence-corrected chi connectivity index (χ2v) is 21.9. The van der Waals surface area contributed by atoms with Gasteiger partial charge >= 0.3 is 5.97 Å². The maximum atomic E-state index is 13.5. The van der Waals surface area contributed by atoms with Gasteiger partial charge in [-0.2, -0.15) is 0 Å². The molecular formula is C56H109N2O7P. The van der Waals surface area contributed by atoms with Crippen LogP contribution in [0.25, 0.3) is 0 Å². The number of hydrogen-bond acceptors (Lipinski definition) is 7. The van der Waals surface area contributed by atoms with Crippen molar-refractivity contribution in [3.05, 3.63) is 24.3 Å². The van der Waals surface area contributed by atoms with Gasteiger partial charge < -0.3 is 28.5 Å². The molecule has 0 aliphatic heterocycles. The molecule has 0 bridgehead atoms. The molecule has 0 aromatic heterocycles. The number of nitrogens with zero attached hydrogens (tertiary/aromatic N) is 1. The SMILES string of the molecule is CCCCCCCC/C=C/CCCCCCCCCC(=O)NC(COP(=O)([O-])OCC[N+](C)(C)C)C(/C=C\CCCCCCCCCCCC)OC(=O)CCCCCCCCCCCCC. The Morgan fingerprint density at radius 2 is 0.879 bits per heavy atom.